The summed E-state index contributed by atoms with van der Waals surface area (Å²) in [7, 11) is 0. The van der Waals surface area contributed by atoms with Crippen molar-refractivity contribution in [2.45, 2.75) is 12.8 Å². The van der Waals surface area contributed by atoms with Gasteiger partial charge < -0.3 is 10.1 Å². The standard InChI is InChI=1S/C25H21ClFN3O3S/c1-3-12-33-25(32)22-15(2)29-24(17(13-28)23(22)16-8-4-6-10-19(16)27)34-14-21(31)30-20-11-7-5-9-18(20)26/h3-11,22-23H,1,12,14H2,2H3,(H,30,31)/t22?,23-/m1/s1. The minimum Gasteiger partial charge on any atom is -0.461 e. The highest BCUT2D eigenvalue weighted by atomic mass is 35.5. The number of carbonyl (C=O) groups is 2. The SMILES string of the molecule is C=CCOC(=O)C1C(C)=NC(SCC(=O)Nc2ccccc2Cl)=C(C#N)[C@H]1c1ccccc1F. The zero-order chi connectivity index (χ0) is 24.7. The quantitative estimate of drug-likeness (QED) is 0.384. The number of amides is 1. The smallest absolute Gasteiger partial charge is 0.315 e. The van der Waals surface area contributed by atoms with E-state index in [1.165, 1.54) is 24.3 Å². The monoisotopic (exact) mass is 497 g/mol. The lowest BCUT2D eigenvalue weighted by molar-refractivity contribution is -0.145. The van der Waals surface area contributed by atoms with Crippen LogP contribution in [0.2, 0.25) is 5.02 Å². The highest BCUT2D eigenvalue weighted by Crippen LogP contribution is 2.43. The Hall–Kier alpha value is -3.41. The summed E-state index contributed by atoms with van der Waals surface area (Å²) in [6.07, 6.45) is 1.42. The summed E-state index contributed by atoms with van der Waals surface area (Å²) in [5.41, 5.74) is 1.08. The molecule has 1 aliphatic heterocycles. The van der Waals surface area contributed by atoms with E-state index in [4.69, 9.17) is 16.3 Å². The Bertz CT molecular complexity index is 1220. The third-order valence-electron chi connectivity index (χ3n) is 5.05. The predicted octanol–water partition coefficient (Wildman–Crippen LogP) is 5.49. The number of nitrogens with zero attached hydrogens (tertiary/aromatic N) is 2. The van der Waals surface area contributed by atoms with E-state index in [0.717, 1.165) is 11.8 Å². The normalized spacial score (nSPS) is 17.4. The van der Waals surface area contributed by atoms with E-state index in [2.05, 4.69) is 23.0 Å². The number of nitriles is 1. The third-order valence-corrected chi connectivity index (χ3v) is 6.37. The van der Waals surface area contributed by atoms with Gasteiger partial charge in [-0.3, -0.25) is 9.59 Å². The molecule has 0 aromatic heterocycles. The van der Waals surface area contributed by atoms with Gasteiger partial charge in [0.15, 0.2) is 0 Å². The van der Waals surface area contributed by atoms with Crippen molar-refractivity contribution >= 4 is 46.6 Å². The maximum Gasteiger partial charge on any atom is 0.315 e. The topological polar surface area (TPSA) is 91.5 Å². The summed E-state index contributed by atoms with van der Waals surface area (Å²) in [6, 6.07) is 14.8. The summed E-state index contributed by atoms with van der Waals surface area (Å²) >= 11 is 7.11. The summed E-state index contributed by atoms with van der Waals surface area (Å²) in [4.78, 5) is 29.8. The van der Waals surface area contributed by atoms with Gasteiger partial charge in [-0.05, 0) is 30.7 Å². The van der Waals surface area contributed by atoms with Gasteiger partial charge in [-0.2, -0.15) is 5.26 Å². The van der Waals surface area contributed by atoms with Crippen molar-refractivity contribution in [3.63, 3.8) is 0 Å². The molecule has 1 unspecified atom stereocenters. The maximum atomic E-state index is 14.8. The lowest BCUT2D eigenvalue weighted by Crippen LogP contribution is -2.34. The fourth-order valence-corrected chi connectivity index (χ4v) is 4.60. The molecule has 0 spiro atoms. The number of rotatable bonds is 8. The molecule has 0 bridgehead atoms. The fourth-order valence-electron chi connectivity index (χ4n) is 3.54. The van der Waals surface area contributed by atoms with E-state index in [9.17, 15) is 19.2 Å². The van der Waals surface area contributed by atoms with Gasteiger partial charge in [-0.1, -0.05) is 66.3 Å². The average molecular weight is 498 g/mol. The number of carbonyl (C=O) groups excluding carboxylic acids is 2. The number of hydrogen-bond donors (Lipinski definition) is 1. The molecule has 2 aromatic rings. The van der Waals surface area contributed by atoms with Crippen molar-refractivity contribution in [1.29, 1.82) is 5.26 Å². The first-order chi connectivity index (χ1) is 16.4. The molecule has 0 fully saturated rings. The minimum atomic E-state index is -0.993. The molecule has 0 saturated heterocycles. The van der Waals surface area contributed by atoms with Crippen LogP contribution in [-0.2, 0) is 14.3 Å². The highest BCUT2D eigenvalue weighted by molar-refractivity contribution is 8.03. The first-order valence-electron chi connectivity index (χ1n) is 10.3. The molecule has 1 heterocycles. The zero-order valence-corrected chi connectivity index (χ0v) is 19.8. The number of hydrogen-bond acceptors (Lipinski definition) is 6. The van der Waals surface area contributed by atoms with Gasteiger partial charge in [-0.25, -0.2) is 9.38 Å². The summed E-state index contributed by atoms with van der Waals surface area (Å²) in [6.45, 7) is 5.12. The molecule has 0 saturated carbocycles. The minimum absolute atomic E-state index is 0.0258. The van der Waals surface area contributed by atoms with Crippen LogP contribution in [-0.4, -0.2) is 29.9 Å². The fraction of sp³-hybridized carbons (Fsp3) is 0.200. The number of halogens is 2. The number of esters is 1. The number of thioether (sulfide) groups is 1. The zero-order valence-electron chi connectivity index (χ0n) is 18.3. The van der Waals surface area contributed by atoms with E-state index < -0.39 is 23.6 Å². The molecule has 34 heavy (non-hydrogen) atoms. The number of aliphatic imine (C=N–C) groups is 1. The van der Waals surface area contributed by atoms with E-state index in [1.807, 2.05) is 0 Å². The first-order valence-corrected chi connectivity index (χ1v) is 11.6. The van der Waals surface area contributed by atoms with Gasteiger partial charge in [0, 0.05) is 11.6 Å². The number of allylic oxidation sites excluding steroid dienone is 1. The molecule has 2 atom stereocenters. The van der Waals surface area contributed by atoms with E-state index in [0.29, 0.717) is 16.4 Å². The Morgan fingerprint density at radius 3 is 2.68 bits per heavy atom. The van der Waals surface area contributed by atoms with Crippen LogP contribution in [0.15, 0.2) is 76.8 Å². The van der Waals surface area contributed by atoms with Gasteiger partial charge >= 0.3 is 5.97 Å². The second-order valence-electron chi connectivity index (χ2n) is 7.30. The number of nitrogens with one attached hydrogen (secondary N) is 1. The van der Waals surface area contributed by atoms with Crippen molar-refractivity contribution < 1.29 is 18.7 Å². The molecule has 0 radical (unpaired) electrons. The lowest BCUT2D eigenvalue weighted by atomic mass is 9.77. The van der Waals surface area contributed by atoms with Crippen molar-refractivity contribution in [1.82, 2.24) is 0 Å². The van der Waals surface area contributed by atoms with Gasteiger partial charge in [-0.15, -0.1) is 0 Å². The van der Waals surface area contributed by atoms with Crippen molar-refractivity contribution in [3.8, 4) is 6.07 Å². The van der Waals surface area contributed by atoms with Crippen molar-refractivity contribution in [3.05, 3.63) is 88.2 Å². The molecule has 9 heteroatoms. The van der Waals surface area contributed by atoms with Crippen LogP contribution in [0.5, 0.6) is 0 Å². The number of anilines is 1. The molecule has 1 N–H and O–H groups in total. The molecule has 6 nitrogen and oxygen atoms in total. The molecule has 2 aromatic carbocycles. The first kappa shape index (κ1) is 25.2. The summed E-state index contributed by atoms with van der Waals surface area (Å²) < 4.78 is 20.0. The molecule has 0 aliphatic carbocycles. The van der Waals surface area contributed by atoms with Crippen LogP contribution in [0.3, 0.4) is 0 Å². The number of benzene rings is 2. The van der Waals surface area contributed by atoms with Crippen LogP contribution in [0, 0.1) is 23.1 Å². The molecule has 1 aliphatic rings. The molecule has 1 amide bonds. The Balaban J connectivity index is 1.93. The van der Waals surface area contributed by atoms with E-state index >= 15 is 0 Å². The van der Waals surface area contributed by atoms with Crippen LogP contribution in [0.1, 0.15) is 18.4 Å². The van der Waals surface area contributed by atoms with Crippen molar-refractivity contribution in [2.75, 3.05) is 17.7 Å². The second-order valence-corrected chi connectivity index (χ2v) is 8.67. The Labute approximate surface area is 206 Å². The van der Waals surface area contributed by atoms with Gasteiger partial charge in [0.2, 0.25) is 5.91 Å². The average Bonchev–Trinajstić information content (AvgIpc) is 2.82. The number of para-hydroxylation sites is 1. The highest BCUT2D eigenvalue weighted by Gasteiger charge is 2.41. The molecular formula is C25H21ClFN3O3S. The van der Waals surface area contributed by atoms with Crippen molar-refractivity contribution in [2.24, 2.45) is 10.9 Å². The Kier molecular flexibility index (Phi) is 8.63. The largest absolute Gasteiger partial charge is 0.461 e. The van der Waals surface area contributed by atoms with E-state index in [-0.39, 0.29) is 34.4 Å². The lowest BCUT2D eigenvalue weighted by Gasteiger charge is -2.30. The van der Waals surface area contributed by atoms with Crippen LogP contribution >= 0.6 is 23.4 Å². The van der Waals surface area contributed by atoms with Crippen LogP contribution < -0.4 is 5.32 Å². The summed E-state index contributed by atoms with van der Waals surface area (Å²) in [5.74, 6) is -3.56. The molecule has 3 rings (SSSR count). The van der Waals surface area contributed by atoms with Gasteiger partial charge in [0.1, 0.15) is 23.4 Å². The van der Waals surface area contributed by atoms with Crippen LogP contribution in [0.25, 0.3) is 0 Å². The summed E-state index contributed by atoms with van der Waals surface area (Å²) in [5, 5.41) is 13.3. The van der Waals surface area contributed by atoms with E-state index in [1.54, 1.807) is 37.3 Å². The molecule has 174 valence electrons. The predicted molar refractivity (Wildman–Crippen MR) is 132 cm³/mol. The van der Waals surface area contributed by atoms with Gasteiger partial charge in [0.25, 0.3) is 0 Å². The third kappa shape index (κ3) is 5.74. The molecular weight excluding hydrogens is 477 g/mol. The van der Waals surface area contributed by atoms with Crippen LogP contribution in [0.4, 0.5) is 10.1 Å². The second kappa shape index (κ2) is 11.6. The maximum absolute atomic E-state index is 14.8. The Morgan fingerprint density at radius 2 is 2.00 bits per heavy atom. The van der Waals surface area contributed by atoms with Gasteiger partial charge in [0.05, 0.1) is 28.1 Å². The number of ether oxygens (including phenoxy) is 1. The Morgan fingerprint density at radius 1 is 1.29 bits per heavy atom.